The fourth-order valence-electron chi connectivity index (χ4n) is 3.52. The third-order valence-corrected chi connectivity index (χ3v) is 5.87. The average molecular weight is 479 g/mol. The highest BCUT2D eigenvalue weighted by Crippen LogP contribution is 2.27. The number of unbranched alkanes of at least 4 members (excludes halogenated alkanes) is 1. The van der Waals surface area contributed by atoms with Crippen LogP contribution < -0.4 is 10.1 Å². The van der Waals surface area contributed by atoms with Crippen molar-refractivity contribution in [1.29, 1.82) is 0 Å². The van der Waals surface area contributed by atoms with Crippen LogP contribution in [0.2, 0.25) is 10.0 Å². The van der Waals surface area contributed by atoms with Crippen molar-refractivity contribution in [3.8, 4) is 5.75 Å². The number of ether oxygens (including phenoxy) is 1. The van der Waals surface area contributed by atoms with Crippen molar-refractivity contribution >= 4 is 35.0 Å². The molecule has 0 aliphatic carbocycles. The van der Waals surface area contributed by atoms with E-state index in [0.29, 0.717) is 34.3 Å². The molecular formula is C25H32Cl2N2O3. The van der Waals surface area contributed by atoms with Gasteiger partial charge in [0, 0.05) is 28.7 Å². The van der Waals surface area contributed by atoms with E-state index in [0.717, 1.165) is 24.0 Å². The second-order valence-corrected chi connectivity index (χ2v) is 8.72. The molecule has 1 N–H and O–H groups in total. The van der Waals surface area contributed by atoms with Crippen molar-refractivity contribution < 1.29 is 14.3 Å². The lowest BCUT2D eigenvalue weighted by Gasteiger charge is -2.31. The fourth-order valence-corrected chi connectivity index (χ4v) is 4.04. The van der Waals surface area contributed by atoms with Gasteiger partial charge in [0.1, 0.15) is 11.8 Å². The highest BCUT2D eigenvalue weighted by atomic mass is 35.5. The Balaban J connectivity index is 2.26. The van der Waals surface area contributed by atoms with Crippen LogP contribution in [0.1, 0.15) is 49.8 Å². The van der Waals surface area contributed by atoms with Crippen molar-refractivity contribution in [2.24, 2.45) is 0 Å². The number of rotatable bonds is 11. The molecule has 0 spiro atoms. The Morgan fingerprint density at radius 1 is 1.06 bits per heavy atom. The van der Waals surface area contributed by atoms with Crippen LogP contribution in [-0.4, -0.2) is 35.9 Å². The van der Waals surface area contributed by atoms with E-state index in [1.54, 1.807) is 18.2 Å². The first-order chi connectivity index (χ1) is 15.3. The molecule has 32 heavy (non-hydrogen) atoms. The van der Waals surface area contributed by atoms with Gasteiger partial charge < -0.3 is 15.0 Å². The predicted molar refractivity (Wildman–Crippen MR) is 130 cm³/mol. The fraction of sp³-hybridized carbons (Fsp3) is 0.440. The third-order valence-electron chi connectivity index (χ3n) is 5.16. The van der Waals surface area contributed by atoms with Crippen LogP contribution in [0.25, 0.3) is 0 Å². The lowest BCUT2D eigenvalue weighted by Crippen LogP contribution is -2.50. The molecule has 0 heterocycles. The van der Waals surface area contributed by atoms with E-state index in [4.69, 9.17) is 27.9 Å². The van der Waals surface area contributed by atoms with Crippen molar-refractivity contribution in [3.05, 3.63) is 63.1 Å². The van der Waals surface area contributed by atoms with Crippen LogP contribution in [-0.2, 0) is 16.1 Å². The lowest BCUT2D eigenvalue weighted by atomic mass is 10.1. The molecule has 0 fully saturated rings. The quantitative estimate of drug-likeness (QED) is 0.420. The van der Waals surface area contributed by atoms with E-state index in [1.807, 2.05) is 39.0 Å². The van der Waals surface area contributed by atoms with Crippen molar-refractivity contribution in [3.63, 3.8) is 0 Å². The molecule has 0 aromatic heterocycles. The molecule has 0 aliphatic rings. The number of benzene rings is 2. The van der Waals surface area contributed by atoms with Gasteiger partial charge in [0.15, 0.2) is 6.61 Å². The standard InChI is InChI=1S/C25H32Cl2N2O3/c1-5-7-11-28-25(31)23(6-2)29(15-20-21(26)9-8-10-22(20)27)24(30)16-32-19-13-17(3)12-18(4)14-19/h8-10,12-14,23H,5-7,11,15-16H2,1-4H3,(H,28,31). The first-order valence-electron chi connectivity index (χ1n) is 11.0. The monoisotopic (exact) mass is 478 g/mol. The van der Waals surface area contributed by atoms with E-state index in [9.17, 15) is 9.59 Å². The van der Waals surface area contributed by atoms with Crippen LogP contribution >= 0.6 is 23.2 Å². The molecule has 1 unspecified atom stereocenters. The molecule has 0 radical (unpaired) electrons. The summed E-state index contributed by atoms with van der Waals surface area (Å²) in [6.45, 7) is 8.38. The van der Waals surface area contributed by atoms with Gasteiger partial charge in [-0.15, -0.1) is 0 Å². The Morgan fingerprint density at radius 3 is 2.25 bits per heavy atom. The Kier molecular flexibility index (Phi) is 10.3. The largest absolute Gasteiger partial charge is 0.484 e. The summed E-state index contributed by atoms with van der Waals surface area (Å²) in [6.07, 6.45) is 2.30. The first kappa shape index (κ1) is 26.0. The molecule has 2 aromatic rings. The average Bonchev–Trinajstić information content (AvgIpc) is 2.73. The minimum absolute atomic E-state index is 0.118. The zero-order valence-electron chi connectivity index (χ0n) is 19.2. The SMILES string of the molecule is CCCCNC(=O)C(CC)N(Cc1c(Cl)cccc1Cl)C(=O)COc1cc(C)cc(C)c1. The molecule has 7 heteroatoms. The number of nitrogens with zero attached hydrogens (tertiary/aromatic N) is 1. The molecule has 174 valence electrons. The lowest BCUT2D eigenvalue weighted by molar-refractivity contribution is -0.143. The number of aryl methyl sites for hydroxylation is 2. The predicted octanol–water partition coefficient (Wildman–Crippen LogP) is 5.71. The first-order valence-corrected chi connectivity index (χ1v) is 11.7. The Bertz CT molecular complexity index is 893. The summed E-state index contributed by atoms with van der Waals surface area (Å²) in [5, 5.41) is 3.84. The van der Waals surface area contributed by atoms with E-state index in [-0.39, 0.29) is 25.0 Å². The number of carbonyl (C=O) groups is 2. The summed E-state index contributed by atoms with van der Waals surface area (Å²) in [6, 6.07) is 10.3. The smallest absolute Gasteiger partial charge is 0.261 e. The normalized spacial score (nSPS) is 11.7. The van der Waals surface area contributed by atoms with Gasteiger partial charge in [-0.05, 0) is 62.1 Å². The number of hydrogen-bond acceptors (Lipinski definition) is 3. The molecule has 2 amide bonds. The number of halogens is 2. The Hall–Kier alpha value is -2.24. The maximum atomic E-state index is 13.3. The van der Waals surface area contributed by atoms with Crippen molar-refractivity contribution in [2.75, 3.05) is 13.2 Å². The Morgan fingerprint density at radius 2 is 1.69 bits per heavy atom. The third kappa shape index (κ3) is 7.42. The van der Waals surface area contributed by atoms with E-state index < -0.39 is 6.04 Å². The van der Waals surface area contributed by atoms with Crippen molar-refractivity contribution in [2.45, 2.75) is 59.5 Å². The van der Waals surface area contributed by atoms with E-state index in [2.05, 4.69) is 12.2 Å². The molecule has 0 bridgehead atoms. The minimum atomic E-state index is -0.658. The summed E-state index contributed by atoms with van der Waals surface area (Å²) >= 11 is 12.7. The molecule has 0 saturated heterocycles. The molecule has 2 rings (SSSR count). The molecule has 2 aromatic carbocycles. The zero-order chi connectivity index (χ0) is 23.7. The number of carbonyl (C=O) groups excluding carboxylic acids is 2. The second kappa shape index (κ2) is 12.7. The topological polar surface area (TPSA) is 58.6 Å². The molecule has 5 nitrogen and oxygen atoms in total. The van der Waals surface area contributed by atoms with Crippen LogP contribution in [0, 0.1) is 13.8 Å². The summed E-state index contributed by atoms with van der Waals surface area (Å²) in [4.78, 5) is 27.7. The van der Waals surface area contributed by atoms with Crippen LogP contribution in [0.15, 0.2) is 36.4 Å². The van der Waals surface area contributed by atoms with Gasteiger partial charge in [-0.2, -0.15) is 0 Å². The molecular weight excluding hydrogens is 447 g/mol. The highest BCUT2D eigenvalue weighted by molar-refractivity contribution is 6.36. The van der Waals surface area contributed by atoms with Gasteiger partial charge in [0.25, 0.3) is 5.91 Å². The van der Waals surface area contributed by atoms with Gasteiger partial charge in [0.2, 0.25) is 5.91 Å². The minimum Gasteiger partial charge on any atom is -0.484 e. The maximum Gasteiger partial charge on any atom is 0.261 e. The van der Waals surface area contributed by atoms with Gasteiger partial charge >= 0.3 is 0 Å². The molecule has 0 saturated carbocycles. The highest BCUT2D eigenvalue weighted by Gasteiger charge is 2.30. The van der Waals surface area contributed by atoms with Gasteiger partial charge in [-0.1, -0.05) is 55.6 Å². The van der Waals surface area contributed by atoms with Gasteiger partial charge in [-0.25, -0.2) is 0 Å². The summed E-state index contributed by atoms with van der Waals surface area (Å²) in [5.74, 6) is 0.119. The second-order valence-electron chi connectivity index (χ2n) is 7.90. The molecule has 0 aliphatic heterocycles. The van der Waals surface area contributed by atoms with Crippen LogP contribution in [0.3, 0.4) is 0 Å². The summed E-state index contributed by atoms with van der Waals surface area (Å²) < 4.78 is 5.79. The van der Waals surface area contributed by atoms with E-state index >= 15 is 0 Å². The van der Waals surface area contributed by atoms with Crippen LogP contribution in [0.5, 0.6) is 5.75 Å². The van der Waals surface area contributed by atoms with Crippen LogP contribution in [0.4, 0.5) is 0 Å². The number of amides is 2. The van der Waals surface area contributed by atoms with Gasteiger partial charge in [-0.3, -0.25) is 9.59 Å². The number of hydrogen-bond donors (Lipinski definition) is 1. The Labute approximate surface area is 201 Å². The maximum absolute atomic E-state index is 13.3. The summed E-state index contributed by atoms with van der Waals surface area (Å²) in [5.41, 5.74) is 2.71. The molecule has 1 atom stereocenters. The van der Waals surface area contributed by atoms with Crippen molar-refractivity contribution in [1.82, 2.24) is 10.2 Å². The number of nitrogens with one attached hydrogen (secondary N) is 1. The van der Waals surface area contributed by atoms with Gasteiger partial charge in [0.05, 0.1) is 0 Å². The summed E-state index contributed by atoms with van der Waals surface area (Å²) in [7, 11) is 0. The zero-order valence-corrected chi connectivity index (χ0v) is 20.7. The van der Waals surface area contributed by atoms with E-state index in [1.165, 1.54) is 4.90 Å².